The Morgan fingerprint density at radius 3 is 2.88 bits per heavy atom. The summed E-state index contributed by atoms with van der Waals surface area (Å²) in [6.07, 6.45) is -1.73. The number of pyridine rings is 1. The molecule has 17 heavy (non-hydrogen) atoms. The van der Waals surface area contributed by atoms with E-state index in [1.54, 1.807) is 0 Å². The summed E-state index contributed by atoms with van der Waals surface area (Å²) in [5.41, 5.74) is -0.0602. The highest BCUT2D eigenvalue weighted by atomic mass is 79.9. The number of aromatic amines is 1. The number of aliphatic hydroxyl groups excluding tert-OH is 2. The lowest BCUT2D eigenvalue weighted by atomic mass is 10.1. The molecule has 0 bridgehead atoms. The van der Waals surface area contributed by atoms with Crippen molar-refractivity contribution >= 4 is 15.9 Å². The van der Waals surface area contributed by atoms with Crippen molar-refractivity contribution in [2.24, 2.45) is 0 Å². The van der Waals surface area contributed by atoms with Gasteiger partial charge >= 0.3 is 0 Å². The molecule has 94 valence electrons. The maximum absolute atomic E-state index is 11.2. The van der Waals surface area contributed by atoms with Crippen LogP contribution in [0.25, 0.3) is 0 Å². The van der Waals surface area contributed by atoms with Crippen molar-refractivity contribution < 1.29 is 20.1 Å². The van der Waals surface area contributed by atoms with Crippen LogP contribution in [0.1, 0.15) is 18.1 Å². The number of H-pyrrole nitrogens is 1. The topological polar surface area (TPSA) is 103 Å². The summed E-state index contributed by atoms with van der Waals surface area (Å²) in [6.45, 7) is -0.289. The molecule has 3 unspecified atom stereocenters. The van der Waals surface area contributed by atoms with E-state index in [2.05, 4.69) is 20.9 Å². The molecule has 0 spiro atoms. The van der Waals surface area contributed by atoms with Gasteiger partial charge in [-0.25, -0.2) is 0 Å². The molecule has 0 radical (unpaired) electrons. The minimum Gasteiger partial charge on any atom is -0.494 e. The highest BCUT2D eigenvalue weighted by Gasteiger charge is 2.35. The van der Waals surface area contributed by atoms with Crippen LogP contribution in [0.4, 0.5) is 0 Å². The summed E-state index contributed by atoms with van der Waals surface area (Å²) in [5, 5.41) is 28.2. The summed E-state index contributed by atoms with van der Waals surface area (Å²) in [4.78, 5) is 13.5. The Morgan fingerprint density at radius 1 is 1.59 bits per heavy atom. The normalized spacial score (nSPS) is 28.5. The zero-order valence-electron chi connectivity index (χ0n) is 8.76. The van der Waals surface area contributed by atoms with Crippen molar-refractivity contribution in [2.45, 2.75) is 24.7 Å². The van der Waals surface area contributed by atoms with Crippen molar-refractivity contribution in [3.05, 3.63) is 26.5 Å². The van der Waals surface area contributed by atoms with Crippen LogP contribution < -0.4 is 5.56 Å². The second-order valence-corrected chi connectivity index (χ2v) is 4.75. The summed E-state index contributed by atoms with van der Waals surface area (Å²) in [7, 11) is 0. The molecule has 1 saturated heterocycles. The van der Waals surface area contributed by atoms with Crippen LogP contribution >= 0.6 is 15.9 Å². The SMILES string of the molecule is O=c1[nH]c(O)c(C2CC(O)C(CO)O2)cc1Br. The lowest BCUT2D eigenvalue weighted by Crippen LogP contribution is -2.24. The third-order valence-electron chi connectivity index (χ3n) is 2.76. The standard InChI is InChI=1S/C10H12BrNO5/c11-5-1-4(9(15)12-10(5)16)7-2-6(14)8(3-13)17-7/h1,6-8,13-14H,2-3H2,(H2,12,15,16). The van der Waals surface area contributed by atoms with Gasteiger partial charge in [0.15, 0.2) is 5.88 Å². The molecule has 0 aromatic carbocycles. The molecule has 6 nitrogen and oxygen atoms in total. The van der Waals surface area contributed by atoms with E-state index in [4.69, 9.17) is 9.84 Å². The molecule has 1 fully saturated rings. The fraction of sp³-hybridized carbons (Fsp3) is 0.500. The van der Waals surface area contributed by atoms with Gasteiger partial charge in [0, 0.05) is 12.0 Å². The Labute approximate surface area is 105 Å². The van der Waals surface area contributed by atoms with E-state index in [1.165, 1.54) is 6.07 Å². The van der Waals surface area contributed by atoms with Gasteiger partial charge in [0.1, 0.15) is 6.10 Å². The number of aliphatic hydroxyl groups is 2. The van der Waals surface area contributed by atoms with Gasteiger partial charge in [0.25, 0.3) is 5.56 Å². The summed E-state index contributed by atoms with van der Waals surface area (Å²) in [5.74, 6) is -0.283. The monoisotopic (exact) mass is 305 g/mol. The molecule has 7 heteroatoms. The maximum Gasteiger partial charge on any atom is 0.265 e. The van der Waals surface area contributed by atoms with Crippen LogP contribution in [0.2, 0.25) is 0 Å². The van der Waals surface area contributed by atoms with Crippen molar-refractivity contribution in [2.75, 3.05) is 6.61 Å². The predicted molar refractivity (Wildman–Crippen MR) is 61.8 cm³/mol. The second kappa shape index (κ2) is 4.77. The number of hydrogen-bond donors (Lipinski definition) is 4. The minimum absolute atomic E-state index is 0.261. The largest absolute Gasteiger partial charge is 0.494 e. The lowest BCUT2D eigenvalue weighted by molar-refractivity contribution is -0.0231. The number of aromatic nitrogens is 1. The molecule has 1 aromatic heterocycles. The molecule has 1 aromatic rings. The fourth-order valence-corrected chi connectivity index (χ4v) is 2.19. The van der Waals surface area contributed by atoms with Crippen molar-refractivity contribution in [1.29, 1.82) is 0 Å². The van der Waals surface area contributed by atoms with Gasteiger partial charge in [-0.2, -0.15) is 0 Å². The van der Waals surface area contributed by atoms with E-state index in [1.807, 2.05) is 0 Å². The van der Waals surface area contributed by atoms with E-state index in [0.29, 0.717) is 5.56 Å². The number of rotatable bonds is 2. The third kappa shape index (κ3) is 2.37. The molecule has 0 saturated carbocycles. The van der Waals surface area contributed by atoms with Gasteiger partial charge in [0.05, 0.1) is 23.3 Å². The van der Waals surface area contributed by atoms with E-state index >= 15 is 0 Å². The van der Waals surface area contributed by atoms with E-state index in [0.717, 1.165) is 0 Å². The van der Waals surface area contributed by atoms with Crippen LogP contribution in [-0.2, 0) is 4.74 Å². The van der Waals surface area contributed by atoms with E-state index in [-0.39, 0.29) is 23.4 Å². The maximum atomic E-state index is 11.2. The first-order valence-corrected chi connectivity index (χ1v) is 5.88. The zero-order valence-corrected chi connectivity index (χ0v) is 10.3. The van der Waals surface area contributed by atoms with Gasteiger partial charge in [-0.15, -0.1) is 0 Å². The predicted octanol–water partition coefficient (Wildman–Crippen LogP) is 0.0262. The second-order valence-electron chi connectivity index (χ2n) is 3.90. The summed E-state index contributed by atoms with van der Waals surface area (Å²) in [6, 6.07) is 1.45. The van der Waals surface area contributed by atoms with Crippen molar-refractivity contribution in [3.8, 4) is 5.88 Å². The van der Waals surface area contributed by atoms with Gasteiger partial charge < -0.3 is 20.1 Å². The molecule has 1 aliphatic rings. The molecule has 2 heterocycles. The first-order chi connectivity index (χ1) is 8.02. The zero-order chi connectivity index (χ0) is 12.6. The van der Waals surface area contributed by atoms with Gasteiger partial charge in [-0.1, -0.05) is 0 Å². The number of nitrogens with one attached hydrogen (secondary N) is 1. The minimum atomic E-state index is -0.782. The van der Waals surface area contributed by atoms with Crippen LogP contribution in [0.15, 0.2) is 15.3 Å². The van der Waals surface area contributed by atoms with Gasteiger partial charge in [-0.05, 0) is 22.0 Å². The van der Waals surface area contributed by atoms with Crippen LogP contribution in [-0.4, -0.2) is 39.1 Å². The number of ether oxygens (including phenoxy) is 1. The molecule has 4 N–H and O–H groups in total. The average Bonchev–Trinajstić information content (AvgIpc) is 2.65. The van der Waals surface area contributed by atoms with Gasteiger partial charge in [0.2, 0.25) is 0 Å². The quantitative estimate of drug-likeness (QED) is 0.617. The Bertz CT molecular complexity index is 474. The van der Waals surface area contributed by atoms with E-state index < -0.39 is 23.9 Å². The first kappa shape index (κ1) is 12.6. The molecule has 0 aliphatic carbocycles. The van der Waals surface area contributed by atoms with E-state index in [9.17, 15) is 15.0 Å². The highest BCUT2D eigenvalue weighted by Crippen LogP contribution is 2.36. The molecular weight excluding hydrogens is 294 g/mol. The average molecular weight is 306 g/mol. The van der Waals surface area contributed by atoms with Crippen LogP contribution in [0.5, 0.6) is 5.88 Å². The molecule has 3 atom stereocenters. The smallest absolute Gasteiger partial charge is 0.265 e. The molecule has 0 amide bonds. The summed E-state index contributed by atoms with van der Waals surface area (Å²) >= 11 is 3.05. The fourth-order valence-electron chi connectivity index (χ4n) is 1.85. The molecule has 2 rings (SSSR count). The molecule has 1 aliphatic heterocycles. The Kier molecular flexibility index (Phi) is 3.53. The van der Waals surface area contributed by atoms with Crippen LogP contribution in [0, 0.1) is 0 Å². The summed E-state index contributed by atoms with van der Waals surface area (Å²) < 4.78 is 5.66. The Balaban J connectivity index is 2.30. The molecular formula is C10H12BrNO5. The van der Waals surface area contributed by atoms with Gasteiger partial charge in [-0.3, -0.25) is 9.78 Å². The van der Waals surface area contributed by atoms with Crippen molar-refractivity contribution in [3.63, 3.8) is 0 Å². The Morgan fingerprint density at radius 2 is 2.29 bits per heavy atom. The van der Waals surface area contributed by atoms with Crippen LogP contribution in [0.3, 0.4) is 0 Å². The number of aromatic hydroxyl groups is 1. The number of halogens is 1. The van der Waals surface area contributed by atoms with Crippen molar-refractivity contribution in [1.82, 2.24) is 4.98 Å². The lowest BCUT2D eigenvalue weighted by Gasteiger charge is -2.13. The number of hydrogen-bond acceptors (Lipinski definition) is 5. The third-order valence-corrected chi connectivity index (χ3v) is 3.34. The Hall–Kier alpha value is -0.890. The first-order valence-electron chi connectivity index (χ1n) is 5.09. The highest BCUT2D eigenvalue weighted by molar-refractivity contribution is 9.10.